The van der Waals surface area contributed by atoms with Gasteiger partial charge in [0.05, 0.1) is 24.7 Å². The van der Waals surface area contributed by atoms with E-state index in [2.05, 4.69) is 9.97 Å². The van der Waals surface area contributed by atoms with Crippen molar-refractivity contribution in [2.45, 2.75) is 23.8 Å². The molecule has 0 bridgehead atoms. The van der Waals surface area contributed by atoms with Gasteiger partial charge in [0.2, 0.25) is 10.0 Å². The summed E-state index contributed by atoms with van der Waals surface area (Å²) in [6.07, 6.45) is 4.68. The average Bonchev–Trinajstić information content (AvgIpc) is 2.80. The Bertz CT molecular complexity index is 962. The fraction of sp³-hybridized carbons (Fsp3) is 0.450. The molecule has 0 N–H and O–H groups in total. The van der Waals surface area contributed by atoms with Gasteiger partial charge in [-0.1, -0.05) is 0 Å². The van der Waals surface area contributed by atoms with Crippen LogP contribution in [0.5, 0.6) is 6.01 Å². The molecule has 0 unspecified atom stereocenters. The lowest BCUT2D eigenvalue weighted by Gasteiger charge is -2.32. The molecule has 9 nitrogen and oxygen atoms in total. The predicted molar refractivity (Wildman–Crippen MR) is 108 cm³/mol. The molecule has 1 aromatic heterocycles. The zero-order valence-electron chi connectivity index (χ0n) is 16.5. The Morgan fingerprint density at radius 2 is 1.77 bits per heavy atom. The summed E-state index contributed by atoms with van der Waals surface area (Å²) < 4.78 is 37.9. The predicted octanol–water partition coefficient (Wildman–Crippen LogP) is 1.18. The van der Waals surface area contributed by atoms with Gasteiger partial charge in [0.15, 0.2) is 0 Å². The minimum atomic E-state index is -3.58. The van der Waals surface area contributed by atoms with Crippen LogP contribution in [0.25, 0.3) is 0 Å². The number of rotatable bonds is 5. The van der Waals surface area contributed by atoms with Crippen molar-refractivity contribution in [3.8, 4) is 6.01 Å². The standard InChI is InChI=1S/C20H24N4O5S/c25-19(23-10-1-3-17(15-23)29-20-21-8-2-9-22-20)16-4-6-18(7-5-16)30(26,27)24-11-13-28-14-12-24/h2,4-9,17H,1,3,10-15H2/t17-/m0/s1. The van der Waals surface area contributed by atoms with Crippen LogP contribution in [0.15, 0.2) is 47.6 Å². The SMILES string of the molecule is O=C(c1ccc(S(=O)(=O)N2CCOCC2)cc1)N1CCC[C@H](Oc2ncccn2)C1. The highest BCUT2D eigenvalue weighted by Crippen LogP contribution is 2.20. The zero-order chi connectivity index (χ0) is 21.0. The number of amides is 1. The van der Waals surface area contributed by atoms with Gasteiger partial charge in [-0.25, -0.2) is 18.4 Å². The second kappa shape index (κ2) is 9.07. The van der Waals surface area contributed by atoms with Gasteiger partial charge >= 0.3 is 6.01 Å². The maximum absolute atomic E-state index is 12.9. The topological polar surface area (TPSA) is 102 Å². The van der Waals surface area contributed by atoms with E-state index in [-0.39, 0.29) is 16.9 Å². The quantitative estimate of drug-likeness (QED) is 0.699. The van der Waals surface area contributed by atoms with E-state index >= 15 is 0 Å². The van der Waals surface area contributed by atoms with Gasteiger partial charge in [-0.05, 0) is 43.2 Å². The summed E-state index contributed by atoms with van der Waals surface area (Å²) in [6.45, 7) is 2.52. The highest BCUT2D eigenvalue weighted by atomic mass is 32.2. The van der Waals surface area contributed by atoms with Crippen molar-refractivity contribution in [2.24, 2.45) is 0 Å². The van der Waals surface area contributed by atoms with Crippen LogP contribution < -0.4 is 4.74 Å². The number of sulfonamides is 1. The largest absolute Gasteiger partial charge is 0.458 e. The van der Waals surface area contributed by atoms with Crippen LogP contribution in [0, 0.1) is 0 Å². The monoisotopic (exact) mass is 432 g/mol. The molecule has 3 heterocycles. The summed E-state index contributed by atoms with van der Waals surface area (Å²) in [5.74, 6) is -0.146. The van der Waals surface area contributed by atoms with Gasteiger partial charge < -0.3 is 14.4 Å². The lowest BCUT2D eigenvalue weighted by Crippen LogP contribution is -2.44. The third-order valence-electron chi connectivity index (χ3n) is 5.19. The molecular weight excluding hydrogens is 408 g/mol. The van der Waals surface area contributed by atoms with Crippen molar-refractivity contribution in [3.05, 3.63) is 48.3 Å². The lowest BCUT2D eigenvalue weighted by atomic mass is 10.1. The number of nitrogens with zero attached hydrogens (tertiary/aromatic N) is 4. The number of aromatic nitrogens is 2. The first-order valence-corrected chi connectivity index (χ1v) is 11.4. The van der Waals surface area contributed by atoms with Crippen LogP contribution >= 0.6 is 0 Å². The molecule has 1 atom stereocenters. The van der Waals surface area contributed by atoms with Crippen molar-refractivity contribution in [3.63, 3.8) is 0 Å². The summed E-state index contributed by atoms with van der Waals surface area (Å²) in [6, 6.07) is 8.14. The van der Waals surface area contributed by atoms with Crippen molar-refractivity contribution in [1.29, 1.82) is 0 Å². The van der Waals surface area contributed by atoms with E-state index in [9.17, 15) is 13.2 Å². The van der Waals surface area contributed by atoms with E-state index in [1.54, 1.807) is 35.5 Å². The number of carbonyl (C=O) groups excluding carboxylic acids is 1. The summed E-state index contributed by atoms with van der Waals surface area (Å²) in [5, 5.41) is 0. The average molecular weight is 433 g/mol. The van der Waals surface area contributed by atoms with E-state index < -0.39 is 10.0 Å². The summed E-state index contributed by atoms with van der Waals surface area (Å²) in [4.78, 5) is 23.0. The molecule has 4 rings (SSSR count). The summed E-state index contributed by atoms with van der Waals surface area (Å²) in [7, 11) is -3.58. The normalized spacial score (nSPS) is 20.7. The molecule has 0 radical (unpaired) electrons. The fourth-order valence-corrected chi connectivity index (χ4v) is 5.01. The number of morpholine rings is 1. The number of carbonyl (C=O) groups is 1. The molecule has 0 saturated carbocycles. The molecular formula is C20H24N4O5S. The molecule has 2 fully saturated rings. The Balaban J connectivity index is 1.41. The first-order chi connectivity index (χ1) is 14.5. The number of hydrogen-bond acceptors (Lipinski definition) is 7. The van der Waals surface area contributed by atoms with Crippen LogP contribution in [0.4, 0.5) is 0 Å². The maximum atomic E-state index is 12.9. The molecule has 10 heteroatoms. The van der Waals surface area contributed by atoms with E-state index in [1.165, 1.54) is 16.4 Å². The van der Waals surface area contributed by atoms with E-state index in [4.69, 9.17) is 9.47 Å². The van der Waals surface area contributed by atoms with Crippen LogP contribution in [0.3, 0.4) is 0 Å². The lowest BCUT2D eigenvalue weighted by molar-refractivity contribution is 0.0515. The molecule has 30 heavy (non-hydrogen) atoms. The first-order valence-electron chi connectivity index (χ1n) is 9.95. The van der Waals surface area contributed by atoms with Gasteiger partial charge in [-0.15, -0.1) is 0 Å². The minimum Gasteiger partial charge on any atom is -0.458 e. The van der Waals surface area contributed by atoms with Gasteiger partial charge in [0, 0.05) is 37.6 Å². The highest BCUT2D eigenvalue weighted by Gasteiger charge is 2.28. The van der Waals surface area contributed by atoms with Gasteiger partial charge in [0.25, 0.3) is 5.91 Å². The van der Waals surface area contributed by atoms with Crippen molar-refractivity contribution >= 4 is 15.9 Å². The van der Waals surface area contributed by atoms with Crippen LogP contribution in [-0.2, 0) is 14.8 Å². The molecule has 2 saturated heterocycles. The van der Waals surface area contributed by atoms with E-state index in [0.29, 0.717) is 51.0 Å². The number of benzene rings is 1. The molecule has 1 amide bonds. The second-order valence-electron chi connectivity index (χ2n) is 7.21. The van der Waals surface area contributed by atoms with E-state index in [1.807, 2.05) is 0 Å². The molecule has 2 aliphatic rings. The number of piperidine rings is 1. The van der Waals surface area contributed by atoms with Gasteiger partial charge in [-0.3, -0.25) is 4.79 Å². The van der Waals surface area contributed by atoms with Gasteiger partial charge in [0.1, 0.15) is 6.10 Å². The number of hydrogen-bond donors (Lipinski definition) is 0. The second-order valence-corrected chi connectivity index (χ2v) is 9.14. The first kappa shape index (κ1) is 20.7. The maximum Gasteiger partial charge on any atom is 0.316 e. The Morgan fingerprint density at radius 3 is 2.47 bits per heavy atom. The molecule has 0 spiro atoms. The number of ether oxygens (including phenoxy) is 2. The molecule has 2 aliphatic heterocycles. The van der Waals surface area contributed by atoms with Crippen LogP contribution in [-0.4, -0.2) is 79.0 Å². The Kier molecular flexibility index (Phi) is 6.26. The van der Waals surface area contributed by atoms with E-state index in [0.717, 1.165) is 12.8 Å². The highest BCUT2D eigenvalue weighted by molar-refractivity contribution is 7.89. The Labute approximate surface area is 175 Å². The van der Waals surface area contributed by atoms with Crippen molar-refractivity contribution in [1.82, 2.24) is 19.2 Å². The van der Waals surface area contributed by atoms with Gasteiger partial charge in [-0.2, -0.15) is 4.31 Å². The molecule has 1 aromatic carbocycles. The molecule has 2 aromatic rings. The molecule has 0 aliphatic carbocycles. The fourth-order valence-electron chi connectivity index (χ4n) is 3.60. The summed E-state index contributed by atoms with van der Waals surface area (Å²) >= 11 is 0. The van der Waals surface area contributed by atoms with Crippen LogP contribution in [0.2, 0.25) is 0 Å². The number of likely N-dealkylation sites (tertiary alicyclic amines) is 1. The van der Waals surface area contributed by atoms with Crippen LogP contribution in [0.1, 0.15) is 23.2 Å². The third-order valence-corrected chi connectivity index (χ3v) is 7.10. The summed E-state index contributed by atoms with van der Waals surface area (Å²) in [5.41, 5.74) is 0.451. The smallest absolute Gasteiger partial charge is 0.316 e. The third kappa shape index (κ3) is 4.61. The minimum absolute atomic E-state index is 0.146. The Morgan fingerprint density at radius 1 is 1.07 bits per heavy atom. The van der Waals surface area contributed by atoms with Crippen molar-refractivity contribution in [2.75, 3.05) is 39.4 Å². The molecule has 160 valence electrons. The zero-order valence-corrected chi connectivity index (χ0v) is 17.3. The Hall–Kier alpha value is -2.56. The van der Waals surface area contributed by atoms with Crippen molar-refractivity contribution < 1.29 is 22.7 Å².